The summed E-state index contributed by atoms with van der Waals surface area (Å²) in [6.07, 6.45) is 0.303. The third-order valence-electron chi connectivity index (χ3n) is 4.61. The van der Waals surface area contributed by atoms with Gasteiger partial charge >= 0.3 is 11.8 Å². The Morgan fingerprint density at radius 3 is 2.31 bits per heavy atom. The monoisotopic (exact) mass is 437 g/mol. The van der Waals surface area contributed by atoms with E-state index >= 15 is 0 Å². The summed E-state index contributed by atoms with van der Waals surface area (Å²) in [7, 11) is 0. The van der Waals surface area contributed by atoms with Gasteiger partial charge in [0.1, 0.15) is 11.4 Å². The first-order valence-electron chi connectivity index (χ1n) is 10.8. The maximum Gasteiger partial charge on any atom is 0.407 e. The van der Waals surface area contributed by atoms with Crippen molar-refractivity contribution in [1.29, 1.82) is 0 Å². The number of carbonyl (C=O) groups excluding carboxylic acids is 1. The molecule has 0 unspecified atom stereocenters. The molecule has 1 amide bonds. The van der Waals surface area contributed by atoms with Crippen LogP contribution in [0.15, 0.2) is 65.5 Å². The summed E-state index contributed by atoms with van der Waals surface area (Å²) >= 11 is 0. The SMILES string of the molecule is CC(C)(C)OC(=O)NCCCNCc1nn(-c2ccccc2)c(=O)n1Cc1ccccc1. The lowest BCUT2D eigenvalue weighted by Gasteiger charge is -2.19. The molecule has 8 heteroatoms. The van der Waals surface area contributed by atoms with Gasteiger partial charge in [0.25, 0.3) is 0 Å². The minimum absolute atomic E-state index is 0.177. The summed E-state index contributed by atoms with van der Waals surface area (Å²) in [5.41, 5.74) is 1.07. The largest absolute Gasteiger partial charge is 0.444 e. The van der Waals surface area contributed by atoms with E-state index in [1.54, 1.807) is 4.57 Å². The first-order chi connectivity index (χ1) is 15.3. The van der Waals surface area contributed by atoms with E-state index in [0.717, 1.165) is 17.7 Å². The van der Waals surface area contributed by atoms with Gasteiger partial charge in [-0.05, 0) is 51.4 Å². The van der Waals surface area contributed by atoms with Crippen molar-refractivity contribution in [3.63, 3.8) is 0 Å². The van der Waals surface area contributed by atoms with Gasteiger partial charge in [-0.25, -0.2) is 9.59 Å². The third-order valence-corrected chi connectivity index (χ3v) is 4.61. The number of alkyl carbamates (subject to hydrolysis) is 1. The molecule has 0 spiro atoms. The lowest BCUT2D eigenvalue weighted by molar-refractivity contribution is 0.0527. The van der Waals surface area contributed by atoms with Crippen molar-refractivity contribution in [1.82, 2.24) is 25.0 Å². The van der Waals surface area contributed by atoms with Crippen LogP contribution in [0.1, 0.15) is 38.6 Å². The smallest absolute Gasteiger partial charge is 0.407 e. The van der Waals surface area contributed by atoms with Gasteiger partial charge < -0.3 is 15.4 Å². The maximum absolute atomic E-state index is 13.1. The number of nitrogens with one attached hydrogen (secondary N) is 2. The molecule has 0 aliphatic carbocycles. The van der Waals surface area contributed by atoms with Crippen molar-refractivity contribution in [3.05, 3.63) is 82.5 Å². The first-order valence-corrected chi connectivity index (χ1v) is 10.8. The zero-order chi connectivity index (χ0) is 23.0. The standard InChI is InChI=1S/C24H31N5O3/c1-24(2,3)32-22(30)26-16-10-15-25-17-21-27-29(20-13-8-5-9-14-20)23(31)28(21)18-19-11-6-4-7-12-19/h4-9,11-14,25H,10,15-18H2,1-3H3,(H,26,30). The third kappa shape index (κ3) is 6.81. The van der Waals surface area contributed by atoms with Crippen LogP contribution >= 0.6 is 0 Å². The molecule has 1 heterocycles. The Morgan fingerprint density at radius 1 is 1.00 bits per heavy atom. The van der Waals surface area contributed by atoms with Crippen LogP contribution < -0.4 is 16.3 Å². The number of benzene rings is 2. The van der Waals surface area contributed by atoms with E-state index in [2.05, 4.69) is 15.7 Å². The molecule has 8 nitrogen and oxygen atoms in total. The normalized spacial score (nSPS) is 11.3. The van der Waals surface area contributed by atoms with E-state index in [4.69, 9.17) is 4.74 Å². The van der Waals surface area contributed by atoms with Crippen molar-refractivity contribution in [3.8, 4) is 5.69 Å². The molecule has 0 atom stereocenters. The van der Waals surface area contributed by atoms with Gasteiger partial charge in [0.05, 0.1) is 18.8 Å². The minimum Gasteiger partial charge on any atom is -0.444 e. The summed E-state index contributed by atoms with van der Waals surface area (Å²) < 4.78 is 8.35. The molecule has 0 fully saturated rings. The average Bonchev–Trinajstić information content (AvgIpc) is 3.06. The van der Waals surface area contributed by atoms with Crippen LogP contribution in [-0.2, 0) is 17.8 Å². The lowest BCUT2D eigenvalue weighted by atomic mass is 10.2. The Kier molecular flexibility index (Phi) is 7.83. The van der Waals surface area contributed by atoms with Gasteiger partial charge in [0, 0.05) is 6.54 Å². The van der Waals surface area contributed by atoms with Crippen LogP contribution in [0, 0.1) is 0 Å². The Labute approximate surface area is 188 Å². The predicted molar refractivity (Wildman–Crippen MR) is 124 cm³/mol. The van der Waals surface area contributed by atoms with Crippen LogP contribution in [0.2, 0.25) is 0 Å². The fraction of sp³-hybridized carbons (Fsp3) is 0.375. The molecular formula is C24H31N5O3. The fourth-order valence-electron chi connectivity index (χ4n) is 3.15. The van der Waals surface area contributed by atoms with Crippen LogP contribution in [-0.4, -0.2) is 39.1 Å². The molecule has 0 saturated carbocycles. The first kappa shape index (κ1) is 23.3. The molecule has 3 rings (SSSR count). The Bertz CT molecular complexity index is 1050. The van der Waals surface area contributed by atoms with Crippen molar-refractivity contribution >= 4 is 6.09 Å². The molecule has 0 aliphatic rings. The van der Waals surface area contributed by atoms with Gasteiger partial charge in [-0.1, -0.05) is 48.5 Å². The molecule has 0 saturated heterocycles. The number of amides is 1. The van der Waals surface area contributed by atoms with Gasteiger partial charge in [-0.15, -0.1) is 5.10 Å². The number of aromatic nitrogens is 3. The van der Waals surface area contributed by atoms with E-state index in [9.17, 15) is 9.59 Å². The molecule has 170 valence electrons. The summed E-state index contributed by atoms with van der Waals surface area (Å²) in [6.45, 7) is 7.54. The molecule has 3 aromatic rings. The van der Waals surface area contributed by atoms with E-state index in [-0.39, 0.29) is 5.69 Å². The van der Waals surface area contributed by atoms with E-state index in [0.29, 0.717) is 32.0 Å². The van der Waals surface area contributed by atoms with E-state index in [1.807, 2.05) is 81.4 Å². The molecule has 2 aromatic carbocycles. The molecular weight excluding hydrogens is 406 g/mol. The maximum atomic E-state index is 13.1. The number of hydrogen-bond acceptors (Lipinski definition) is 5. The molecule has 2 N–H and O–H groups in total. The fourth-order valence-corrected chi connectivity index (χ4v) is 3.15. The van der Waals surface area contributed by atoms with Crippen molar-refractivity contribution in [2.24, 2.45) is 0 Å². The number of carbonyl (C=O) groups is 1. The van der Waals surface area contributed by atoms with Gasteiger partial charge in [0.2, 0.25) is 0 Å². The summed E-state index contributed by atoms with van der Waals surface area (Å²) in [5, 5.41) is 10.6. The van der Waals surface area contributed by atoms with Crippen molar-refractivity contribution in [2.45, 2.75) is 45.9 Å². The van der Waals surface area contributed by atoms with Crippen molar-refractivity contribution in [2.75, 3.05) is 13.1 Å². The van der Waals surface area contributed by atoms with Crippen LogP contribution in [0.5, 0.6) is 0 Å². The highest BCUT2D eigenvalue weighted by Crippen LogP contribution is 2.08. The summed E-state index contributed by atoms with van der Waals surface area (Å²) in [5.74, 6) is 0.655. The van der Waals surface area contributed by atoms with Crippen molar-refractivity contribution < 1.29 is 9.53 Å². The topological polar surface area (TPSA) is 90.2 Å². The van der Waals surface area contributed by atoms with Gasteiger partial charge in [-0.2, -0.15) is 4.68 Å². The summed E-state index contributed by atoms with van der Waals surface area (Å²) in [6, 6.07) is 19.2. The second-order valence-electron chi connectivity index (χ2n) is 8.48. The molecule has 32 heavy (non-hydrogen) atoms. The second kappa shape index (κ2) is 10.8. The van der Waals surface area contributed by atoms with Gasteiger partial charge in [0.15, 0.2) is 0 Å². The van der Waals surface area contributed by atoms with Crippen LogP contribution in [0.4, 0.5) is 4.79 Å². The molecule has 1 aromatic heterocycles. The van der Waals surface area contributed by atoms with Crippen LogP contribution in [0.25, 0.3) is 5.69 Å². The number of hydrogen-bond donors (Lipinski definition) is 2. The van der Waals surface area contributed by atoms with Gasteiger partial charge in [-0.3, -0.25) is 4.57 Å². The van der Waals surface area contributed by atoms with E-state index < -0.39 is 11.7 Å². The van der Waals surface area contributed by atoms with E-state index in [1.165, 1.54) is 4.68 Å². The lowest BCUT2D eigenvalue weighted by Crippen LogP contribution is -2.34. The number of para-hydroxylation sites is 1. The Morgan fingerprint density at radius 2 is 1.66 bits per heavy atom. The quantitative estimate of drug-likeness (QED) is 0.502. The highest BCUT2D eigenvalue weighted by molar-refractivity contribution is 5.67. The number of rotatable bonds is 9. The zero-order valence-electron chi connectivity index (χ0n) is 18.9. The zero-order valence-corrected chi connectivity index (χ0v) is 18.9. The Balaban J connectivity index is 1.62. The Hall–Kier alpha value is -3.39. The number of nitrogens with zero attached hydrogens (tertiary/aromatic N) is 3. The molecule has 0 aliphatic heterocycles. The summed E-state index contributed by atoms with van der Waals surface area (Å²) in [4.78, 5) is 24.8. The molecule has 0 radical (unpaired) electrons. The minimum atomic E-state index is -0.512. The number of ether oxygens (including phenoxy) is 1. The molecule has 0 bridgehead atoms. The average molecular weight is 438 g/mol. The highest BCUT2D eigenvalue weighted by atomic mass is 16.6. The van der Waals surface area contributed by atoms with Crippen LogP contribution in [0.3, 0.4) is 0 Å². The second-order valence-corrected chi connectivity index (χ2v) is 8.48. The predicted octanol–water partition coefficient (Wildman–Crippen LogP) is 3.09. The highest BCUT2D eigenvalue weighted by Gasteiger charge is 2.16.